The molecule has 1 aromatic heterocycles. The fourth-order valence-electron chi connectivity index (χ4n) is 1.47. The van der Waals surface area contributed by atoms with Gasteiger partial charge < -0.3 is 4.52 Å². The van der Waals surface area contributed by atoms with Gasteiger partial charge >= 0.3 is 0 Å². The molecule has 1 N–H and O–H groups in total. The quantitative estimate of drug-likeness (QED) is 0.894. The van der Waals surface area contributed by atoms with Crippen molar-refractivity contribution in [1.82, 2.24) is 5.16 Å². The van der Waals surface area contributed by atoms with Gasteiger partial charge in [0.1, 0.15) is 0 Å². The predicted octanol–water partition coefficient (Wildman–Crippen LogP) is 4.47. The summed E-state index contributed by atoms with van der Waals surface area (Å²) in [5.41, 5.74) is 1.23. The number of hydrogen-bond donors (Lipinski definition) is 1. The van der Waals surface area contributed by atoms with Crippen LogP contribution in [0.5, 0.6) is 0 Å². The molecule has 0 saturated carbocycles. The van der Waals surface area contributed by atoms with E-state index in [0.29, 0.717) is 20.9 Å². The van der Waals surface area contributed by atoms with Gasteiger partial charge in [0.15, 0.2) is 0 Å². The van der Waals surface area contributed by atoms with Crippen molar-refractivity contribution in [2.24, 2.45) is 0 Å². The molecule has 0 aliphatic carbocycles. The summed E-state index contributed by atoms with van der Waals surface area (Å²) < 4.78 is 5.72. The first-order chi connectivity index (χ1) is 8.97. The van der Waals surface area contributed by atoms with E-state index in [9.17, 15) is 4.79 Å². The lowest BCUT2D eigenvalue weighted by Gasteiger charge is -2.04. The molecule has 100 valence electrons. The molecule has 1 aromatic carbocycles. The Bertz CT molecular complexity index is 610. The van der Waals surface area contributed by atoms with E-state index in [1.165, 1.54) is 0 Å². The second-order valence-corrected chi connectivity index (χ2v) is 5.64. The van der Waals surface area contributed by atoms with E-state index in [1.807, 2.05) is 13.8 Å². The predicted molar refractivity (Wildman–Crippen MR) is 77.7 cm³/mol. The number of carbonyl (C=O) groups excluding carboxylic acids is 1. The van der Waals surface area contributed by atoms with Crippen molar-refractivity contribution in [3.05, 3.63) is 45.0 Å². The Morgan fingerprint density at radius 3 is 2.79 bits per heavy atom. The van der Waals surface area contributed by atoms with Gasteiger partial charge in [-0.15, -0.1) is 0 Å². The fraction of sp³-hybridized carbons (Fsp3) is 0.231. The summed E-state index contributed by atoms with van der Waals surface area (Å²) in [4.78, 5) is 12.1. The van der Waals surface area contributed by atoms with E-state index in [4.69, 9.17) is 16.1 Å². The van der Waals surface area contributed by atoms with Crippen LogP contribution in [0.3, 0.4) is 0 Å². The number of aromatic nitrogens is 1. The van der Waals surface area contributed by atoms with Crippen molar-refractivity contribution in [2.75, 3.05) is 5.32 Å². The first-order valence-corrected chi connectivity index (χ1v) is 6.87. The average molecular weight is 344 g/mol. The Labute approximate surface area is 124 Å². The van der Waals surface area contributed by atoms with Crippen molar-refractivity contribution in [1.29, 1.82) is 0 Å². The highest BCUT2D eigenvalue weighted by atomic mass is 79.9. The van der Waals surface area contributed by atoms with Crippen LogP contribution in [0.2, 0.25) is 5.02 Å². The van der Waals surface area contributed by atoms with Gasteiger partial charge in [0, 0.05) is 15.6 Å². The van der Waals surface area contributed by atoms with Gasteiger partial charge in [-0.1, -0.05) is 30.6 Å². The molecule has 0 saturated heterocycles. The van der Waals surface area contributed by atoms with Crippen LogP contribution >= 0.6 is 27.5 Å². The fourth-order valence-corrected chi connectivity index (χ4v) is 2.07. The SMILES string of the molecule is CC(C)c1cc(NC(=O)c2cc(Cl)ccc2Br)on1. The number of halogens is 2. The van der Waals surface area contributed by atoms with Crippen molar-refractivity contribution < 1.29 is 9.32 Å². The van der Waals surface area contributed by atoms with Gasteiger partial charge in [0.25, 0.3) is 5.91 Å². The van der Waals surface area contributed by atoms with Crippen molar-refractivity contribution >= 4 is 39.3 Å². The number of benzene rings is 1. The number of anilines is 1. The molecule has 1 amide bonds. The van der Waals surface area contributed by atoms with Crippen molar-refractivity contribution in [2.45, 2.75) is 19.8 Å². The molecule has 19 heavy (non-hydrogen) atoms. The van der Waals surface area contributed by atoms with Gasteiger partial charge in [-0.2, -0.15) is 0 Å². The molecule has 4 nitrogen and oxygen atoms in total. The van der Waals surface area contributed by atoms with E-state index in [-0.39, 0.29) is 11.8 Å². The first kappa shape index (κ1) is 14.1. The van der Waals surface area contributed by atoms with Crippen LogP contribution in [-0.2, 0) is 0 Å². The molecule has 0 aliphatic rings. The van der Waals surface area contributed by atoms with E-state index in [2.05, 4.69) is 26.4 Å². The molecule has 0 fully saturated rings. The third-order valence-corrected chi connectivity index (χ3v) is 3.46. The van der Waals surface area contributed by atoms with Gasteiger partial charge in [-0.25, -0.2) is 0 Å². The maximum absolute atomic E-state index is 12.1. The zero-order chi connectivity index (χ0) is 14.0. The molecule has 0 bridgehead atoms. The standard InChI is InChI=1S/C13H12BrClN2O2/c1-7(2)11-6-12(19-17-11)16-13(18)9-5-8(15)3-4-10(9)14/h3-7H,1-2H3,(H,16,18). The van der Waals surface area contributed by atoms with Crippen LogP contribution in [0.25, 0.3) is 0 Å². The number of nitrogens with zero attached hydrogens (tertiary/aromatic N) is 1. The lowest BCUT2D eigenvalue weighted by Crippen LogP contribution is -2.12. The summed E-state index contributed by atoms with van der Waals surface area (Å²) in [6, 6.07) is 6.71. The lowest BCUT2D eigenvalue weighted by molar-refractivity contribution is 0.102. The highest BCUT2D eigenvalue weighted by molar-refractivity contribution is 9.10. The first-order valence-electron chi connectivity index (χ1n) is 5.70. The van der Waals surface area contributed by atoms with Gasteiger partial charge in [0.05, 0.1) is 11.3 Å². The monoisotopic (exact) mass is 342 g/mol. The molecule has 0 spiro atoms. The summed E-state index contributed by atoms with van der Waals surface area (Å²) >= 11 is 9.18. The van der Waals surface area contributed by atoms with Gasteiger partial charge in [0.2, 0.25) is 5.88 Å². The summed E-state index contributed by atoms with van der Waals surface area (Å²) in [6.45, 7) is 3.99. The van der Waals surface area contributed by atoms with Crippen LogP contribution in [-0.4, -0.2) is 11.1 Å². The summed E-state index contributed by atoms with van der Waals surface area (Å²) in [5, 5.41) is 7.01. The molecule has 0 radical (unpaired) electrons. The zero-order valence-electron chi connectivity index (χ0n) is 10.4. The van der Waals surface area contributed by atoms with E-state index in [0.717, 1.165) is 5.69 Å². The van der Waals surface area contributed by atoms with Crippen molar-refractivity contribution in [3.63, 3.8) is 0 Å². The van der Waals surface area contributed by atoms with E-state index >= 15 is 0 Å². The van der Waals surface area contributed by atoms with Gasteiger partial charge in [-0.05, 0) is 40.0 Å². The molecule has 2 rings (SSSR count). The minimum absolute atomic E-state index is 0.243. The average Bonchev–Trinajstić information content (AvgIpc) is 2.80. The summed E-state index contributed by atoms with van der Waals surface area (Å²) in [7, 11) is 0. The van der Waals surface area contributed by atoms with E-state index in [1.54, 1.807) is 24.3 Å². The Morgan fingerprint density at radius 1 is 1.42 bits per heavy atom. The second kappa shape index (κ2) is 5.75. The third kappa shape index (κ3) is 3.36. The molecular formula is C13H12BrClN2O2. The molecule has 0 atom stereocenters. The van der Waals surface area contributed by atoms with Crippen LogP contribution in [0.15, 0.2) is 33.3 Å². The smallest absolute Gasteiger partial charge is 0.259 e. The second-order valence-electron chi connectivity index (χ2n) is 4.35. The molecule has 0 aliphatic heterocycles. The molecule has 1 heterocycles. The minimum atomic E-state index is -0.305. The molecule has 6 heteroatoms. The van der Waals surface area contributed by atoms with Crippen LogP contribution in [0.1, 0.15) is 35.8 Å². The zero-order valence-corrected chi connectivity index (χ0v) is 12.7. The van der Waals surface area contributed by atoms with Crippen LogP contribution in [0.4, 0.5) is 5.88 Å². The normalized spacial score (nSPS) is 10.8. The number of carbonyl (C=O) groups is 1. The van der Waals surface area contributed by atoms with Crippen LogP contribution in [0, 0.1) is 0 Å². The minimum Gasteiger partial charge on any atom is -0.338 e. The van der Waals surface area contributed by atoms with E-state index < -0.39 is 0 Å². The number of amides is 1. The third-order valence-electron chi connectivity index (χ3n) is 2.53. The molecule has 0 unspecified atom stereocenters. The van der Waals surface area contributed by atoms with Crippen molar-refractivity contribution in [3.8, 4) is 0 Å². The number of rotatable bonds is 3. The Balaban J connectivity index is 2.18. The number of hydrogen-bond acceptors (Lipinski definition) is 3. The Kier molecular flexibility index (Phi) is 4.27. The van der Waals surface area contributed by atoms with Gasteiger partial charge in [-0.3, -0.25) is 10.1 Å². The topological polar surface area (TPSA) is 55.1 Å². The molecule has 2 aromatic rings. The highest BCUT2D eigenvalue weighted by Gasteiger charge is 2.14. The maximum Gasteiger partial charge on any atom is 0.259 e. The number of nitrogens with one attached hydrogen (secondary N) is 1. The highest BCUT2D eigenvalue weighted by Crippen LogP contribution is 2.23. The van der Waals surface area contributed by atoms with Crippen LogP contribution < -0.4 is 5.32 Å². The summed E-state index contributed by atoms with van der Waals surface area (Å²) in [5.74, 6) is 0.258. The maximum atomic E-state index is 12.1. The Hall–Kier alpha value is -1.33. The summed E-state index contributed by atoms with van der Waals surface area (Å²) in [6.07, 6.45) is 0. The lowest BCUT2D eigenvalue weighted by atomic mass is 10.1. The Morgan fingerprint density at radius 2 is 2.16 bits per heavy atom. The largest absolute Gasteiger partial charge is 0.338 e. The molecular weight excluding hydrogens is 332 g/mol.